The molecule has 2 amide bonds. The normalized spacial score (nSPS) is 19.1. The molecule has 1 fully saturated rings. The molecule has 4 rings (SSSR count). The van der Waals surface area contributed by atoms with Gasteiger partial charge in [0.15, 0.2) is 16.6 Å². The first-order chi connectivity index (χ1) is 18.8. The van der Waals surface area contributed by atoms with Gasteiger partial charge in [0.2, 0.25) is 5.82 Å². The van der Waals surface area contributed by atoms with Crippen LogP contribution in [-0.4, -0.2) is 81.6 Å². The van der Waals surface area contributed by atoms with Crippen molar-refractivity contribution in [1.82, 2.24) is 20.4 Å². The SMILES string of the molecule is CO/N=C(\C(=O)NC1C(=O)N2C(C(=O)OC(=O)C(F)(F)F)=C(COc3noc(C)c3F)CSC12)c1csc(N)n1. The average molecular weight is 609 g/mol. The number of nitrogens with zero attached hydrogens (tertiary/aromatic N) is 4. The molecule has 4 heterocycles. The van der Waals surface area contributed by atoms with Crippen LogP contribution in [0.5, 0.6) is 5.88 Å². The highest BCUT2D eigenvalue weighted by Crippen LogP contribution is 2.41. The number of β-lactam (4-membered cyclic amide) rings is 1. The van der Waals surface area contributed by atoms with Crippen LogP contribution in [0.3, 0.4) is 0 Å². The summed E-state index contributed by atoms with van der Waals surface area (Å²) < 4.78 is 66.0. The molecule has 2 atom stereocenters. The molecule has 2 aromatic rings. The molecule has 1 saturated heterocycles. The molecule has 0 saturated carbocycles. The number of ether oxygens (including phenoxy) is 2. The van der Waals surface area contributed by atoms with Gasteiger partial charge in [0.25, 0.3) is 17.7 Å². The molecule has 2 aliphatic rings. The Morgan fingerprint density at radius 1 is 1.35 bits per heavy atom. The molecule has 3 N–H and O–H groups in total. The van der Waals surface area contributed by atoms with Crippen LogP contribution in [0, 0.1) is 12.7 Å². The zero-order valence-corrected chi connectivity index (χ0v) is 21.7. The minimum absolute atomic E-state index is 0.0476. The first-order valence-corrected chi connectivity index (χ1v) is 12.6. The number of nitrogens with one attached hydrogen (secondary N) is 1. The molecule has 2 aromatic heterocycles. The maximum absolute atomic E-state index is 14.0. The number of anilines is 1. The second-order valence-corrected chi connectivity index (χ2v) is 9.82. The number of hydrogen-bond donors (Lipinski definition) is 2. The topological polar surface area (TPSA) is 189 Å². The number of hydrogen-bond acceptors (Lipinski definition) is 14. The number of nitrogens with two attached hydrogens (primary N) is 1. The first-order valence-electron chi connectivity index (χ1n) is 10.7. The van der Waals surface area contributed by atoms with E-state index < -0.39 is 65.3 Å². The van der Waals surface area contributed by atoms with Gasteiger partial charge in [0.05, 0.1) is 0 Å². The highest BCUT2D eigenvalue weighted by Gasteiger charge is 2.55. The highest BCUT2D eigenvalue weighted by molar-refractivity contribution is 8.00. The Labute approximate surface area is 228 Å². The van der Waals surface area contributed by atoms with Crippen LogP contribution in [0.2, 0.25) is 0 Å². The van der Waals surface area contributed by atoms with E-state index in [1.807, 2.05) is 0 Å². The summed E-state index contributed by atoms with van der Waals surface area (Å²) in [6, 6.07) is -1.28. The Morgan fingerprint density at radius 3 is 2.65 bits per heavy atom. The van der Waals surface area contributed by atoms with E-state index in [0.717, 1.165) is 35.1 Å². The lowest BCUT2D eigenvalue weighted by Gasteiger charge is -2.49. The zero-order chi connectivity index (χ0) is 29.4. The number of thiazole rings is 1. The number of oxime groups is 1. The second kappa shape index (κ2) is 11.1. The van der Waals surface area contributed by atoms with E-state index in [1.165, 1.54) is 12.3 Å². The lowest BCUT2D eigenvalue weighted by Crippen LogP contribution is -2.71. The van der Waals surface area contributed by atoms with Gasteiger partial charge in [-0.1, -0.05) is 5.16 Å². The summed E-state index contributed by atoms with van der Waals surface area (Å²) in [5.74, 6) is -8.42. The summed E-state index contributed by atoms with van der Waals surface area (Å²) in [5, 5.41) is 9.85. The van der Waals surface area contributed by atoms with Crippen LogP contribution in [0.25, 0.3) is 0 Å². The van der Waals surface area contributed by atoms with Gasteiger partial charge in [-0.05, 0) is 12.1 Å². The van der Waals surface area contributed by atoms with Crippen molar-refractivity contribution >= 4 is 57.7 Å². The molecule has 0 spiro atoms. The summed E-state index contributed by atoms with van der Waals surface area (Å²) in [4.78, 5) is 59.2. The van der Waals surface area contributed by atoms with Crippen molar-refractivity contribution in [3.05, 3.63) is 33.9 Å². The Morgan fingerprint density at radius 2 is 2.08 bits per heavy atom. The van der Waals surface area contributed by atoms with E-state index in [9.17, 15) is 36.7 Å². The number of esters is 2. The largest absolute Gasteiger partial charge is 0.491 e. The summed E-state index contributed by atoms with van der Waals surface area (Å²) in [5.41, 5.74) is 4.44. The van der Waals surface area contributed by atoms with Crippen molar-refractivity contribution in [2.75, 3.05) is 25.2 Å². The van der Waals surface area contributed by atoms with Crippen molar-refractivity contribution in [3.8, 4) is 5.88 Å². The second-order valence-electron chi connectivity index (χ2n) is 7.83. The smallest absolute Gasteiger partial charge is 0.469 e. The standard InChI is InChI=1S/C20H16F4N6O8S2/c1-6-9(21)14(29-38-6)36-3-7-4-39-16-11(27-13(31)10(28-35-2)8-5-40-19(25)26-8)15(32)30(16)12(7)17(33)37-18(34)20(22,23)24/h5,11,16H,3-4H2,1-2H3,(H2,25,26)(H,27,31)/b28-10-. The van der Waals surface area contributed by atoms with E-state index in [-0.39, 0.29) is 33.6 Å². The monoisotopic (exact) mass is 608 g/mol. The van der Waals surface area contributed by atoms with Crippen LogP contribution in [0.1, 0.15) is 11.5 Å². The lowest BCUT2D eigenvalue weighted by molar-refractivity contribution is -0.201. The number of carbonyl (C=O) groups excluding carboxylic acids is 4. The zero-order valence-electron chi connectivity index (χ0n) is 20.1. The molecule has 14 nitrogen and oxygen atoms in total. The molecular weight excluding hydrogens is 592 g/mol. The molecule has 0 bridgehead atoms. The molecule has 2 aliphatic heterocycles. The van der Waals surface area contributed by atoms with Crippen molar-refractivity contribution in [2.45, 2.75) is 24.5 Å². The van der Waals surface area contributed by atoms with Gasteiger partial charge in [-0.3, -0.25) is 14.5 Å². The maximum atomic E-state index is 14.0. The fourth-order valence-electron chi connectivity index (χ4n) is 3.46. The van der Waals surface area contributed by atoms with E-state index in [4.69, 9.17) is 10.5 Å². The first kappa shape index (κ1) is 28.8. The van der Waals surface area contributed by atoms with Gasteiger partial charge in [-0.2, -0.15) is 17.6 Å². The van der Waals surface area contributed by atoms with Crippen molar-refractivity contribution in [2.24, 2.45) is 5.16 Å². The minimum Gasteiger partial charge on any atom is -0.469 e. The lowest BCUT2D eigenvalue weighted by atomic mass is 10.0. The Hall–Kier alpha value is -4.20. The maximum Gasteiger partial charge on any atom is 0.491 e. The minimum atomic E-state index is -5.51. The van der Waals surface area contributed by atoms with E-state index in [2.05, 4.69) is 34.7 Å². The van der Waals surface area contributed by atoms with Crippen LogP contribution < -0.4 is 15.8 Å². The molecular formula is C20H16F4N6O8S2. The average Bonchev–Trinajstić information content (AvgIpc) is 3.47. The number of halogens is 4. The summed E-state index contributed by atoms with van der Waals surface area (Å²) in [6.07, 6.45) is -5.51. The summed E-state index contributed by atoms with van der Waals surface area (Å²) >= 11 is 1.99. The molecule has 40 heavy (non-hydrogen) atoms. The number of aromatic nitrogens is 2. The van der Waals surface area contributed by atoms with Crippen molar-refractivity contribution in [3.63, 3.8) is 0 Å². The van der Waals surface area contributed by atoms with E-state index >= 15 is 0 Å². The number of thioether (sulfide) groups is 1. The third-order valence-corrected chi connectivity index (χ3v) is 7.27. The van der Waals surface area contributed by atoms with Crippen molar-refractivity contribution in [1.29, 1.82) is 0 Å². The molecule has 0 aliphatic carbocycles. The Balaban J connectivity index is 1.58. The number of carbonyl (C=O) groups is 4. The highest BCUT2D eigenvalue weighted by atomic mass is 32.2. The van der Waals surface area contributed by atoms with Crippen LogP contribution in [-0.2, 0) is 28.8 Å². The van der Waals surface area contributed by atoms with Crippen LogP contribution in [0.4, 0.5) is 22.7 Å². The van der Waals surface area contributed by atoms with Gasteiger partial charge in [0.1, 0.15) is 36.5 Å². The number of nitrogen functional groups attached to an aromatic ring is 1. The third-order valence-electron chi connectivity index (χ3n) is 5.25. The summed E-state index contributed by atoms with van der Waals surface area (Å²) in [7, 11) is 1.16. The van der Waals surface area contributed by atoms with Crippen LogP contribution >= 0.6 is 23.1 Å². The quantitative estimate of drug-likeness (QED) is 0.108. The molecule has 0 aromatic carbocycles. The van der Waals surface area contributed by atoms with Gasteiger partial charge >= 0.3 is 18.1 Å². The Bertz CT molecular complexity index is 1440. The number of fused-ring (bicyclic) bond motifs is 1. The van der Waals surface area contributed by atoms with Gasteiger partial charge in [0, 0.05) is 16.7 Å². The Kier molecular flexibility index (Phi) is 8.00. The molecule has 214 valence electrons. The van der Waals surface area contributed by atoms with Gasteiger partial charge < -0.3 is 29.9 Å². The number of aryl methyl sites for hydroxylation is 1. The van der Waals surface area contributed by atoms with Gasteiger partial charge in [-0.15, -0.1) is 23.1 Å². The fraction of sp³-hybridized carbons (Fsp3) is 0.350. The molecule has 0 radical (unpaired) electrons. The molecule has 20 heteroatoms. The fourth-order valence-corrected chi connectivity index (χ4v) is 5.34. The van der Waals surface area contributed by atoms with Gasteiger partial charge in [-0.25, -0.2) is 14.6 Å². The summed E-state index contributed by atoms with van der Waals surface area (Å²) in [6.45, 7) is 0.615. The van der Waals surface area contributed by atoms with E-state index in [1.54, 1.807) is 0 Å². The third kappa shape index (κ3) is 5.57. The molecule has 2 unspecified atom stereocenters. The number of amides is 2. The van der Waals surface area contributed by atoms with Crippen molar-refractivity contribution < 1.29 is 55.6 Å². The van der Waals surface area contributed by atoms with E-state index in [0.29, 0.717) is 0 Å². The van der Waals surface area contributed by atoms with Crippen LogP contribution in [0.15, 0.2) is 26.3 Å². The number of alkyl halides is 3. The number of rotatable bonds is 8. The predicted molar refractivity (Wildman–Crippen MR) is 126 cm³/mol. The predicted octanol–water partition coefficient (Wildman–Crippen LogP) is 0.876.